The van der Waals surface area contributed by atoms with Crippen LogP contribution in [0.15, 0.2) is 30.5 Å². The smallest absolute Gasteiger partial charge is 0.416 e. The van der Waals surface area contributed by atoms with Crippen molar-refractivity contribution in [2.75, 3.05) is 20.1 Å². The van der Waals surface area contributed by atoms with E-state index in [1.807, 2.05) is 25.1 Å². The summed E-state index contributed by atoms with van der Waals surface area (Å²) in [7, 11) is 1.65. The van der Waals surface area contributed by atoms with Crippen molar-refractivity contribution in [2.24, 2.45) is 5.92 Å². The molecule has 2 heterocycles. The highest BCUT2D eigenvalue weighted by molar-refractivity contribution is 5.79. The van der Waals surface area contributed by atoms with Crippen LogP contribution in [0, 0.1) is 12.8 Å². The molecule has 0 unspecified atom stereocenters. The Morgan fingerprint density at radius 2 is 1.94 bits per heavy atom. The molecule has 0 bridgehead atoms. The highest BCUT2D eigenvalue weighted by atomic mass is 19.4. The topological polar surface area (TPSA) is 54.5 Å². The van der Waals surface area contributed by atoms with Gasteiger partial charge in [0.1, 0.15) is 12.4 Å². The molecule has 178 valence electrons. The number of halogens is 3. The van der Waals surface area contributed by atoms with Crippen LogP contribution in [0.1, 0.15) is 59.5 Å². The van der Waals surface area contributed by atoms with E-state index in [9.17, 15) is 18.0 Å². The zero-order valence-electron chi connectivity index (χ0n) is 19.0. The monoisotopic (exact) mass is 461 g/mol. The number of aromatic nitrogens is 1. The van der Waals surface area contributed by atoms with Crippen molar-refractivity contribution in [3.63, 3.8) is 0 Å². The van der Waals surface area contributed by atoms with Crippen molar-refractivity contribution in [3.8, 4) is 5.75 Å². The van der Waals surface area contributed by atoms with Gasteiger partial charge in [-0.2, -0.15) is 13.2 Å². The maximum atomic E-state index is 13.7. The number of alkyl halides is 3. The zero-order valence-corrected chi connectivity index (χ0v) is 19.0. The maximum Gasteiger partial charge on any atom is 0.416 e. The third-order valence-electron chi connectivity index (χ3n) is 6.76. The fourth-order valence-electron chi connectivity index (χ4n) is 4.80. The molecule has 0 spiro atoms. The number of carbonyl (C=O) groups excluding carboxylic acids is 1. The van der Waals surface area contributed by atoms with Gasteiger partial charge in [-0.05, 0) is 60.6 Å². The van der Waals surface area contributed by atoms with Crippen molar-refractivity contribution in [3.05, 3.63) is 58.4 Å². The van der Waals surface area contributed by atoms with Crippen LogP contribution in [0.2, 0.25) is 0 Å². The van der Waals surface area contributed by atoms with Gasteiger partial charge in [-0.3, -0.25) is 14.7 Å². The van der Waals surface area contributed by atoms with Crippen LogP contribution in [0.4, 0.5) is 13.2 Å². The molecule has 1 aliphatic carbocycles. The molecule has 1 aromatic heterocycles. The van der Waals surface area contributed by atoms with E-state index in [1.54, 1.807) is 7.05 Å². The van der Waals surface area contributed by atoms with Gasteiger partial charge in [0.15, 0.2) is 0 Å². The van der Waals surface area contributed by atoms with E-state index < -0.39 is 11.7 Å². The second-order valence-corrected chi connectivity index (χ2v) is 9.12. The van der Waals surface area contributed by atoms with E-state index in [-0.39, 0.29) is 30.0 Å². The number of hydrogen-bond donors (Lipinski definition) is 1. The summed E-state index contributed by atoms with van der Waals surface area (Å²) in [6.45, 7) is 4.18. The number of hydrogen-bond acceptors (Lipinski definition) is 4. The molecular weight excluding hydrogens is 431 g/mol. The van der Waals surface area contributed by atoms with Gasteiger partial charge in [0.25, 0.3) is 0 Å². The number of nitrogens with one attached hydrogen (secondary N) is 1. The summed E-state index contributed by atoms with van der Waals surface area (Å²) in [5, 5.41) is 2.68. The Hall–Kier alpha value is -2.61. The van der Waals surface area contributed by atoms with Crippen molar-refractivity contribution >= 4 is 5.91 Å². The molecule has 2 aliphatic rings. The van der Waals surface area contributed by atoms with Crippen LogP contribution in [0.5, 0.6) is 5.75 Å². The molecule has 1 aliphatic heterocycles. The number of aryl methyl sites for hydroxylation is 1. The first-order chi connectivity index (χ1) is 15.7. The van der Waals surface area contributed by atoms with E-state index in [4.69, 9.17) is 4.74 Å². The molecule has 0 radical (unpaired) electrons. The summed E-state index contributed by atoms with van der Waals surface area (Å²) in [6.07, 6.45) is 0.502. The minimum Gasteiger partial charge on any atom is -0.487 e. The van der Waals surface area contributed by atoms with Gasteiger partial charge >= 0.3 is 6.18 Å². The normalized spacial score (nSPS) is 17.7. The van der Waals surface area contributed by atoms with Gasteiger partial charge in [0.2, 0.25) is 5.91 Å². The average molecular weight is 462 g/mol. The molecule has 8 heteroatoms. The predicted molar refractivity (Wildman–Crippen MR) is 119 cm³/mol. The summed E-state index contributed by atoms with van der Waals surface area (Å²) in [4.78, 5) is 18.1. The fraction of sp³-hybridized carbons (Fsp3) is 0.520. The Morgan fingerprint density at radius 1 is 1.21 bits per heavy atom. The maximum absolute atomic E-state index is 13.7. The number of benzene rings is 1. The van der Waals surface area contributed by atoms with Crippen LogP contribution >= 0.6 is 0 Å². The molecule has 1 aromatic carbocycles. The minimum absolute atomic E-state index is 0.0211. The second kappa shape index (κ2) is 9.71. The molecule has 5 nitrogen and oxygen atoms in total. The van der Waals surface area contributed by atoms with Gasteiger partial charge in [-0.1, -0.05) is 18.9 Å². The lowest BCUT2D eigenvalue weighted by Gasteiger charge is -2.38. The van der Waals surface area contributed by atoms with Crippen LogP contribution in [-0.2, 0) is 24.1 Å². The number of likely N-dealkylation sites (tertiary alicyclic amines) is 1. The highest BCUT2D eigenvalue weighted by Gasteiger charge is 2.36. The third kappa shape index (κ3) is 5.49. The van der Waals surface area contributed by atoms with Gasteiger partial charge in [0.05, 0.1) is 17.2 Å². The first kappa shape index (κ1) is 23.5. The fourth-order valence-corrected chi connectivity index (χ4v) is 4.80. The Balaban J connectivity index is 1.38. The molecule has 0 atom stereocenters. The standard InChI is InChI=1S/C25H30F3N3O2/c1-16-9-21(8-7-18(16)12-31-13-19(14-31)24(32)29-2)33-15-20-10-23(25(26,27)28)22(11-30-20)17-5-3-4-6-17/h7-11,17,19H,3-6,12-15H2,1-2H3,(H,29,32). The third-order valence-corrected chi connectivity index (χ3v) is 6.76. The zero-order chi connectivity index (χ0) is 23.6. The van der Waals surface area contributed by atoms with Crippen LogP contribution in [0.25, 0.3) is 0 Å². The van der Waals surface area contributed by atoms with Crippen LogP contribution < -0.4 is 10.1 Å². The van der Waals surface area contributed by atoms with Crippen molar-refractivity contribution in [1.82, 2.24) is 15.2 Å². The number of carbonyl (C=O) groups is 1. The van der Waals surface area contributed by atoms with E-state index in [0.29, 0.717) is 11.3 Å². The van der Waals surface area contributed by atoms with E-state index in [1.165, 1.54) is 6.20 Å². The Morgan fingerprint density at radius 3 is 2.58 bits per heavy atom. The average Bonchev–Trinajstić information content (AvgIpc) is 3.29. The predicted octanol–water partition coefficient (Wildman–Crippen LogP) is 4.82. The molecule has 33 heavy (non-hydrogen) atoms. The minimum atomic E-state index is -4.40. The van der Waals surface area contributed by atoms with Gasteiger partial charge in [-0.25, -0.2) is 0 Å². The summed E-state index contributed by atoms with van der Waals surface area (Å²) >= 11 is 0. The van der Waals surface area contributed by atoms with E-state index >= 15 is 0 Å². The molecule has 2 fully saturated rings. The summed E-state index contributed by atoms with van der Waals surface area (Å²) in [5.41, 5.74) is 2.17. The van der Waals surface area contributed by atoms with Gasteiger partial charge < -0.3 is 10.1 Å². The lowest BCUT2D eigenvalue weighted by Crippen LogP contribution is -2.52. The van der Waals surface area contributed by atoms with Crippen LogP contribution in [0.3, 0.4) is 0 Å². The van der Waals surface area contributed by atoms with E-state index in [2.05, 4.69) is 15.2 Å². The first-order valence-corrected chi connectivity index (χ1v) is 11.5. The molecular formula is C25H30F3N3O2. The molecule has 1 amide bonds. The Kier molecular flexibility index (Phi) is 6.93. The first-order valence-electron chi connectivity index (χ1n) is 11.5. The number of nitrogens with zero attached hydrogens (tertiary/aromatic N) is 2. The lowest BCUT2D eigenvalue weighted by atomic mass is 9.94. The van der Waals surface area contributed by atoms with Crippen molar-refractivity contribution in [2.45, 2.75) is 57.9 Å². The van der Waals surface area contributed by atoms with Crippen LogP contribution in [-0.4, -0.2) is 35.9 Å². The SMILES string of the molecule is CNC(=O)C1CN(Cc2ccc(OCc3cc(C(F)(F)F)c(C4CCCC4)cn3)cc2C)C1. The van der Waals surface area contributed by atoms with Crippen molar-refractivity contribution in [1.29, 1.82) is 0 Å². The van der Waals surface area contributed by atoms with Crippen molar-refractivity contribution < 1.29 is 22.7 Å². The molecule has 1 saturated carbocycles. The summed E-state index contributed by atoms with van der Waals surface area (Å²) in [5.74, 6) is 0.660. The Bertz CT molecular complexity index is 997. The molecule has 2 aromatic rings. The largest absolute Gasteiger partial charge is 0.487 e. The van der Waals surface area contributed by atoms with E-state index in [0.717, 1.165) is 62.5 Å². The summed E-state index contributed by atoms with van der Waals surface area (Å²) < 4.78 is 46.8. The molecule has 1 N–H and O–H groups in total. The summed E-state index contributed by atoms with van der Waals surface area (Å²) in [6, 6.07) is 6.83. The quantitative estimate of drug-likeness (QED) is 0.642. The molecule has 1 saturated heterocycles. The highest BCUT2D eigenvalue weighted by Crippen LogP contribution is 2.41. The number of ether oxygens (including phenoxy) is 1. The molecule has 4 rings (SSSR count). The Labute approximate surface area is 192 Å². The number of pyridine rings is 1. The van der Waals surface area contributed by atoms with Gasteiger partial charge in [0, 0.05) is 32.9 Å². The lowest BCUT2D eigenvalue weighted by molar-refractivity contribution is -0.138. The number of rotatable bonds is 7. The van der Waals surface area contributed by atoms with Gasteiger partial charge in [-0.15, -0.1) is 0 Å². The number of amides is 1. The second-order valence-electron chi connectivity index (χ2n) is 9.12.